The number of ether oxygens (including phenoxy) is 1. The molecule has 1 aliphatic rings. The van der Waals surface area contributed by atoms with Crippen molar-refractivity contribution in [1.29, 1.82) is 0 Å². The molecule has 1 heterocycles. The molecule has 3 rings (SSSR count). The van der Waals surface area contributed by atoms with Crippen LogP contribution in [0.3, 0.4) is 0 Å². The molecule has 6 heteroatoms. The molecule has 27 heavy (non-hydrogen) atoms. The molecule has 0 unspecified atom stereocenters. The van der Waals surface area contributed by atoms with E-state index >= 15 is 0 Å². The zero-order valence-corrected chi connectivity index (χ0v) is 17.1. The molecule has 144 valence electrons. The first-order valence-electron chi connectivity index (χ1n) is 9.32. The number of hydrogen-bond acceptors (Lipinski definition) is 5. The summed E-state index contributed by atoms with van der Waals surface area (Å²) in [5.41, 5.74) is 2.27. The Hall–Kier alpha value is -2.21. The summed E-state index contributed by atoms with van der Waals surface area (Å²) in [6, 6.07) is 8.13. The van der Waals surface area contributed by atoms with Crippen LogP contribution in [0.2, 0.25) is 0 Å². The van der Waals surface area contributed by atoms with Crippen LogP contribution in [0.5, 0.6) is 0 Å². The first-order chi connectivity index (χ1) is 12.8. The topological polar surface area (TPSA) is 59.5 Å². The average molecular weight is 387 g/mol. The number of aromatic nitrogens is 1. The van der Waals surface area contributed by atoms with Gasteiger partial charge >= 0.3 is 5.97 Å². The van der Waals surface area contributed by atoms with Crippen LogP contribution in [-0.2, 0) is 16.7 Å². The number of benzene rings is 1. The lowest BCUT2D eigenvalue weighted by Gasteiger charge is -2.23. The molecule has 0 radical (unpaired) electrons. The molecule has 1 aromatic carbocycles. The predicted octanol–water partition coefficient (Wildman–Crippen LogP) is 4.42. The number of hydrogen-bond donors (Lipinski definition) is 0. The largest absolute Gasteiger partial charge is 0.461 e. The van der Waals surface area contributed by atoms with Gasteiger partial charge in [0.05, 0.1) is 13.2 Å². The van der Waals surface area contributed by atoms with Gasteiger partial charge in [-0.15, -0.1) is 11.3 Å². The van der Waals surface area contributed by atoms with E-state index in [0.29, 0.717) is 24.4 Å². The number of carbonyl (C=O) groups excluding carboxylic acids is 2. The predicted molar refractivity (Wildman–Crippen MR) is 106 cm³/mol. The van der Waals surface area contributed by atoms with Crippen molar-refractivity contribution in [2.24, 2.45) is 0 Å². The second-order valence-electron chi connectivity index (χ2n) is 7.84. The van der Waals surface area contributed by atoms with E-state index in [9.17, 15) is 9.59 Å². The fourth-order valence-electron chi connectivity index (χ4n) is 2.86. The first kappa shape index (κ1) is 19.5. The molecule has 1 aromatic heterocycles. The quantitative estimate of drug-likeness (QED) is 0.690. The minimum absolute atomic E-state index is 0.0193. The van der Waals surface area contributed by atoms with Crippen molar-refractivity contribution in [2.75, 3.05) is 6.61 Å². The molecule has 0 bridgehead atoms. The van der Waals surface area contributed by atoms with Crippen LogP contribution in [0.25, 0.3) is 0 Å². The van der Waals surface area contributed by atoms with Crippen LogP contribution in [0, 0.1) is 0 Å². The maximum Gasteiger partial charge on any atom is 0.357 e. The van der Waals surface area contributed by atoms with Crippen LogP contribution < -0.4 is 0 Å². The average Bonchev–Trinajstić information content (AvgIpc) is 3.36. The zero-order chi connectivity index (χ0) is 19.6. The number of amides is 1. The Morgan fingerprint density at radius 3 is 2.44 bits per heavy atom. The number of thiazole rings is 1. The van der Waals surface area contributed by atoms with Crippen molar-refractivity contribution in [1.82, 2.24) is 9.88 Å². The van der Waals surface area contributed by atoms with Crippen LogP contribution in [0.4, 0.5) is 0 Å². The van der Waals surface area contributed by atoms with Gasteiger partial charge in [0.25, 0.3) is 5.91 Å². The van der Waals surface area contributed by atoms with Crippen molar-refractivity contribution in [3.8, 4) is 0 Å². The summed E-state index contributed by atoms with van der Waals surface area (Å²) in [4.78, 5) is 31.1. The van der Waals surface area contributed by atoms with Crippen LogP contribution >= 0.6 is 11.3 Å². The molecule has 1 fully saturated rings. The molecule has 2 aromatic rings. The van der Waals surface area contributed by atoms with Crippen molar-refractivity contribution < 1.29 is 14.3 Å². The molecule has 0 atom stereocenters. The van der Waals surface area contributed by atoms with E-state index in [0.717, 1.165) is 17.8 Å². The minimum atomic E-state index is -0.415. The third-order valence-electron chi connectivity index (χ3n) is 4.59. The van der Waals surface area contributed by atoms with Crippen LogP contribution in [0.1, 0.15) is 72.0 Å². The van der Waals surface area contributed by atoms with Crippen LogP contribution in [0.15, 0.2) is 29.6 Å². The van der Waals surface area contributed by atoms with Gasteiger partial charge in [-0.1, -0.05) is 32.9 Å². The van der Waals surface area contributed by atoms with Gasteiger partial charge < -0.3 is 9.64 Å². The van der Waals surface area contributed by atoms with Gasteiger partial charge in [0.15, 0.2) is 5.69 Å². The molecule has 0 saturated heterocycles. The molecule has 0 N–H and O–H groups in total. The normalized spacial score (nSPS) is 14.1. The second kappa shape index (κ2) is 7.80. The first-order valence-corrected chi connectivity index (χ1v) is 10.2. The van der Waals surface area contributed by atoms with Crippen molar-refractivity contribution in [2.45, 2.75) is 58.5 Å². The van der Waals surface area contributed by atoms with E-state index in [1.54, 1.807) is 12.3 Å². The fraction of sp³-hybridized carbons (Fsp3) is 0.476. The lowest BCUT2D eigenvalue weighted by Crippen LogP contribution is -2.32. The highest BCUT2D eigenvalue weighted by Gasteiger charge is 2.34. The summed E-state index contributed by atoms with van der Waals surface area (Å²) < 4.78 is 4.99. The van der Waals surface area contributed by atoms with Gasteiger partial charge in [-0.2, -0.15) is 0 Å². The highest BCUT2D eigenvalue weighted by Crippen LogP contribution is 2.31. The zero-order valence-electron chi connectivity index (χ0n) is 16.3. The summed E-state index contributed by atoms with van der Waals surface area (Å²) in [5, 5.41) is 2.45. The standard InChI is InChI=1S/C21H26N2O3S/c1-5-26-20(25)17-13-27-18(22-17)12-23(16-10-11-16)19(24)14-6-8-15(9-7-14)21(2,3)4/h6-9,13,16H,5,10-12H2,1-4H3. The third kappa shape index (κ3) is 4.75. The van der Waals surface area contributed by atoms with Crippen molar-refractivity contribution >= 4 is 23.2 Å². The lowest BCUT2D eigenvalue weighted by molar-refractivity contribution is 0.0520. The Kier molecular flexibility index (Phi) is 5.65. The second-order valence-corrected chi connectivity index (χ2v) is 8.78. The summed E-state index contributed by atoms with van der Waals surface area (Å²) >= 11 is 1.39. The Morgan fingerprint density at radius 1 is 1.22 bits per heavy atom. The molecule has 0 aliphatic heterocycles. The van der Waals surface area contributed by atoms with E-state index in [1.165, 1.54) is 16.9 Å². The summed E-state index contributed by atoms with van der Waals surface area (Å²) in [6.07, 6.45) is 2.03. The molecule has 1 amide bonds. The van der Waals surface area contributed by atoms with Gasteiger partial charge in [0, 0.05) is 17.0 Å². The molecule has 1 saturated carbocycles. The Labute approximate surface area is 164 Å². The Bertz CT molecular complexity index is 817. The number of esters is 1. The molecular weight excluding hydrogens is 360 g/mol. The summed E-state index contributed by atoms with van der Waals surface area (Å²) in [7, 11) is 0. The van der Waals surface area contributed by atoms with E-state index < -0.39 is 5.97 Å². The van der Waals surface area contributed by atoms with Gasteiger partial charge in [-0.25, -0.2) is 9.78 Å². The Morgan fingerprint density at radius 2 is 1.89 bits per heavy atom. The third-order valence-corrected chi connectivity index (χ3v) is 5.42. The summed E-state index contributed by atoms with van der Waals surface area (Å²) in [6.45, 7) is 8.99. The van der Waals surface area contributed by atoms with Crippen molar-refractivity contribution in [3.63, 3.8) is 0 Å². The molecule has 1 aliphatic carbocycles. The van der Waals surface area contributed by atoms with Gasteiger partial charge in [-0.3, -0.25) is 4.79 Å². The summed E-state index contributed by atoms with van der Waals surface area (Å²) in [5.74, 6) is -0.395. The SMILES string of the molecule is CCOC(=O)c1csc(CN(C(=O)c2ccc(C(C)(C)C)cc2)C2CC2)n1. The molecular formula is C21H26N2O3S. The maximum atomic E-state index is 13.0. The van der Waals surface area contributed by atoms with Gasteiger partial charge in [-0.05, 0) is 42.9 Å². The Balaban J connectivity index is 1.74. The fourth-order valence-corrected chi connectivity index (χ4v) is 3.62. The van der Waals surface area contributed by atoms with Crippen LogP contribution in [-0.4, -0.2) is 34.4 Å². The van der Waals surface area contributed by atoms with Gasteiger partial charge in [0.1, 0.15) is 5.01 Å². The molecule has 5 nitrogen and oxygen atoms in total. The number of nitrogens with zero attached hydrogens (tertiary/aromatic N) is 2. The highest BCUT2D eigenvalue weighted by atomic mass is 32.1. The minimum Gasteiger partial charge on any atom is -0.461 e. The number of carbonyl (C=O) groups is 2. The van der Waals surface area contributed by atoms with Gasteiger partial charge in [0.2, 0.25) is 0 Å². The van der Waals surface area contributed by atoms with E-state index in [1.807, 2.05) is 29.2 Å². The van der Waals surface area contributed by atoms with E-state index in [2.05, 4.69) is 25.8 Å². The van der Waals surface area contributed by atoms with Crippen molar-refractivity contribution in [3.05, 3.63) is 51.5 Å². The maximum absolute atomic E-state index is 13.0. The number of rotatable bonds is 6. The van der Waals surface area contributed by atoms with E-state index in [-0.39, 0.29) is 17.4 Å². The smallest absolute Gasteiger partial charge is 0.357 e. The monoisotopic (exact) mass is 386 g/mol. The lowest BCUT2D eigenvalue weighted by atomic mass is 9.86. The molecule has 0 spiro atoms. The highest BCUT2D eigenvalue weighted by molar-refractivity contribution is 7.09. The van der Waals surface area contributed by atoms with E-state index in [4.69, 9.17) is 4.74 Å².